The molecule has 9 heteroatoms. The minimum Gasteiger partial charge on any atom is -0.377 e. The largest absolute Gasteiger partial charge is 0.433 e. The Hall–Kier alpha value is -1.61. The fraction of sp³-hybridized carbons (Fsp3) is 0.714. The van der Waals surface area contributed by atoms with Crippen LogP contribution in [0.5, 0.6) is 0 Å². The highest BCUT2D eigenvalue weighted by Gasteiger charge is 2.35. The van der Waals surface area contributed by atoms with E-state index >= 15 is 0 Å². The van der Waals surface area contributed by atoms with E-state index in [1.165, 1.54) is 0 Å². The number of anilines is 2. The Morgan fingerprint density at radius 1 is 1.26 bits per heavy atom. The Morgan fingerprint density at radius 3 is 2.65 bits per heavy atom. The lowest BCUT2D eigenvalue weighted by Gasteiger charge is -2.21. The van der Waals surface area contributed by atoms with Gasteiger partial charge in [0.2, 0.25) is 5.95 Å². The molecule has 2 aliphatic rings. The zero-order valence-electron chi connectivity index (χ0n) is 12.8. The highest BCUT2D eigenvalue weighted by molar-refractivity contribution is 5.46. The van der Waals surface area contributed by atoms with E-state index in [0.717, 1.165) is 18.9 Å². The van der Waals surface area contributed by atoms with Gasteiger partial charge in [-0.25, -0.2) is 4.98 Å². The van der Waals surface area contributed by atoms with Gasteiger partial charge in [0.1, 0.15) is 11.9 Å². The van der Waals surface area contributed by atoms with Crippen molar-refractivity contribution in [1.82, 2.24) is 9.97 Å². The van der Waals surface area contributed by atoms with Crippen LogP contribution in [0.15, 0.2) is 6.07 Å². The first-order valence-corrected chi connectivity index (χ1v) is 7.55. The van der Waals surface area contributed by atoms with Gasteiger partial charge in [0.05, 0.1) is 19.3 Å². The molecule has 0 saturated carbocycles. The number of halogens is 3. The fourth-order valence-electron chi connectivity index (χ4n) is 2.80. The number of nitrogens with one attached hydrogen (secondary N) is 1. The van der Waals surface area contributed by atoms with E-state index in [2.05, 4.69) is 15.3 Å². The van der Waals surface area contributed by atoms with Gasteiger partial charge in [0.25, 0.3) is 0 Å². The molecule has 2 aliphatic heterocycles. The second-order valence-electron chi connectivity index (χ2n) is 5.69. The summed E-state index contributed by atoms with van der Waals surface area (Å²) in [6, 6.07) is 0.701. The molecule has 0 aliphatic carbocycles. The molecule has 3 heterocycles. The summed E-state index contributed by atoms with van der Waals surface area (Å²) in [4.78, 5) is 9.72. The van der Waals surface area contributed by atoms with Crippen LogP contribution in [-0.2, 0) is 15.7 Å². The summed E-state index contributed by atoms with van der Waals surface area (Å²) < 4.78 is 49.9. The third-order valence-corrected chi connectivity index (χ3v) is 4.06. The Balaban J connectivity index is 1.87. The normalized spacial score (nSPS) is 25.1. The van der Waals surface area contributed by atoms with Crippen LogP contribution in [0, 0.1) is 0 Å². The number of rotatable bonds is 4. The number of hydrogen-bond acceptors (Lipinski definition) is 6. The Morgan fingerprint density at radius 2 is 2.00 bits per heavy atom. The molecule has 1 N–H and O–H groups in total. The van der Waals surface area contributed by atoms with Crippen molar-refractivity contribution in [2.24, 2.45) is 0 Å². The van der Waals surface area contributed by atoms with Crippen LogP contribution in [0.4, 0.5) is 24.9 Å². The molecular weight excluding hydrogens is 313 g/mol. The summed E-state index contributed by atoms with van der Waals surface area (Å²) in [6.45, 7) is 2.12. The van der Waals surface area contributed by atoms with E-state index in [9.17, 15) is 13.2 Å². The van der Waals surface area contributed by atoms with E-state index in [-0.39, 0.29) is 23.9 Å². The smallest absolute Gasteiger partial charge is 0.377 e. The first kappa shape index (κ1) is 16.3. The van der Waals surface area contributed by atoms with Crippen molar-refractivity contribution in [3.8, 4) is 0 Å². The number of aromatic nitrogens is 2. The average Bonchev–Trinajstić information content (AvgIpc) is 3.17. The van der Waals surface area contributed by atoms with E-state index in [0.29, 0.717) is 26.3 Å². The van der Waals surface area contributed by atoms with Crippen molar-refractivity contribution in [2.45, 2.75) is 31.2 Å². The Labute approximate surface area is 132 Å². The first-order chi connectivity index (χ1) is 11.0. The zero-order chi connectivity index (χ0) is 16.4. The molecule has 1 aromatic heterocycles. The molecule has 3 rings (SSSR count). The second kappa shape index (κ2) is 6.48. The maximum absolute atomic E-state index is 13.1. The third kappa shape index (κ3) is 3.66. The summed E-state index contributed by atoms with van der Waals surface area (Å²) in [6.07, 6.45) is -2.86. The molecule has 23 heavy (non-hydrogen) atoms. The summed E-state index contributed by atoms with van der Waals surface area (Å²) >= 11 is 0. The van der Waals surface area contributed by atoms with E-state index in [4.69, 9.17) is 9.47 Å². The fourth-order valence-corrected chi connectivity index (χ4v) is 2.80. The van der Waals surface area contributed by atoms with Gasteiger partial charge in [-0.3, -0.25) is 0 Å². The predicted octanol–water partition coefficient (Wildman–Crippen LogP) is 1.92. The minimum atomic E-state index is -4.51. The van der Waals surface area contributed by atoms with Gasteiger partial charge in [0.15, 0.2) is 5.69 Å². The van der Waals surface area contributed by atoms with Crippen molar-refractivity contribution < 1.29 is 22.6 Å². The Bertz CT molecular complexity index is 549. The summed E-state index contributed by atoms with van der Waals surface area (Å²) in [5, 5.41) is 2.99. The van der Waals surface area contributed by atoms with Gasteiger partial charge in [0, 0.05) is 26.3 Å². The monoisotopic (exact) mass is 332 g/mol. The van der Waals surface area contributed by atoms with Crippen molar-refractivity contribution in [3.05, 3.63) is 11.8 Å². The molecule has 0 aromatic carbocycles. The van der Waals surface area contributed by atoms with Gasteiger partial charge < -0.3 is 19.7 Å². The molecule has 1 aromatic rings. The molecule has 0 bridgehead atoms. The van der Waals surface area contributed by atoms with Gasteiger partial charge in [-0.1, -0.05) is 0 Å². The number of hydrogen-bond donors (Lipinski definition) is 1. The van der Waals surface area contributed by atoms with Crippen molar-refractivity contribution in [3.63, 3.8) is 0 Å². The quantitative estimate of drug-likeness (QED) is 0.909. The van der Waals surface area contributed by atoms with Gasteiger partial charge in [-0.05, 0) is 12.8 Å². The van der Waals surface area contributed by atoms with Gasteiger partial charge in [-0.15, -0.1) is 0 Å². The van der Waals surface area contributed by atoms with Crippen molar-refractivity contribution >= 4 is 11.8 Å². The maximum atomic E-state index is 13.1. The molecule has 2 atom stereocenters. The van der Waals surface area contributed by atoms with Gasteiger partial charge >= 0.3 is 6.18 Å². The lowest BCUT2D eigenvalue weighted by Crippen LogP contribution is -2.34. The van der Waals surface area contributed by atoms with Crippen LogP contribution in [0.1, 0.15) is 18.5 Å². The second-order valence-corrected chi connectivity index (χ2v) is 5.69. The lowest BCUT2D eigenvalue weighted by molar-refractivity contribution is -0.141. The van der Waals surface area contributed by atoms with Crippen molar-refractivity contribution in [1.29, 1.82) is 0 Å². The number of nitrogens with zero attached hydrogens (tertiary/aromatic N) is 3. The third-order valence-electron chi connectivity index (χ3n) is 4.06. The van der Waals surface area contributed by atoms with Crippen LogP contribution in [-0.4, -0.2) is 55.5 Å². The SMILES string of the molecule is CO[C@H]1COC[C@@H]1Nc1cc(C(F)(F)F)nc(N2CCCC2)n1. The molecular formula is C14H19F3N4O2. The number of alkyl halides is 3. The average molecular weight is 332 g/mol. The molecule has 2 saturated heterocycles. The standard InChI is InChI=1S/C14H19F3N4O2/c1-22-10-8-23-7-9(10)18-12-6-11(14(15,16)17)19-13(20-12)21-4-2-3-5-21/h6,9-10H,2-5,7-8H2,1H3,(H,18,19,20)/t9-,10-/m0/s1. The van der Waals surface area contributed by atoms with Crippen LogP contribution in [0.2, 0.25) is 0 Å². The lowest BCUT2D eigenvalue weighted by atomic mass is 10.2. The number of methoxy groups -OCH3 is 1. The van der Waals surface area contributed by atoms with E-state index in [1.54, 1.807) is 12.0 Å². The molecule has 0 amide bonds. The summed E-state index contributed by atoms with van der Waals surface area (Å²) in [5.41, 5.74) is -0.940. The van der Waals surface area contributed by atoms with E-state index in [1.807, 2.05) is 0 Å². The molecule has 2 fully saturated rings. The topological polar surface area (TPSA) is 59.5 Å². The van der Waals surface area contributed by atoms with Crippen LogP contribution >= 0.6 is 0 Å². The predicted molar refractivity (Wildman–Crippen MR) is 77.5 cm³/mol. The van der Waals surface area contributed by atoms with E-state index < -0.39 is 11.9 Å². The molecule has 0 unspecified atom stereocenters. The summed E-state index contributed by atoms with van der Waals surface area (Å²) in [7, 11) is 1.55. The molecule has 6 nitrogen and oxygen atoms in total. The highest BCUT2D eigenvalue weighted by Crippen LogP contribution is 2.31. The van der Waals surface area contributed by atoms with Crippen LogP contribution < -0.4 is 10.2 Å². The van der Waals surface area contributed by atoms with Crippen molar-refractivity contribution in [2.75, 3.05) is 43.6 Å². The first-order valence-electron chi connectivity index (χ1n) is 7.55. The zero-order valence-corrected chi connectivity index (χ0v) is 12.8. The minimum absolute atomic E-state index is 0.118. The molecule has 128 valence electrons. The maximum Gasteiger partial charge on any atom is 0.433 e. The van der Waals surface area contributed by atoms with Gasteiger partial charge in [-0.2, -0.15) is 18.2 Å². The molecule has 0 spiro atoms. The van der Waals surface area contributed by atoms with Crippen LogP contribution in [0.25, 0.3) is 0 Å². The highest BCUT2D eigenvalue weighted by atomic mass is 19.4. The van der Waals surface area contributed by atoms with Crippen LogP contribution in [0.3, 0.4) is 0 Å². The Kier molecular flexibility index (Phi) is 4.58. The summed E-state index contributed by atoms with van der Waals surface area (Å²) in [5.74, 6) is 0.263. The number of ether oxygens (including phenoxy) is 2. The molecule has 0 radical (unpaired) electrons.